The highest BCUT2D eigenvalue weighted by molar-refractivity contribution is 5.92. The molecule has 0 N–H and O–H groups in total. The molecule has 8 aromatic carbocycles. The van der Waals surface area contributed by atoms with Crippen molar-refractivity contribution in [1.82, 2.24) is 0 Å². The maximum Gasteiger partial charge on any atom is 0.0465 e. The highest BCUT2D eigenvalue weighted by atomic mass is 15.1. The molecule has 0 bridgehead atoms. The first-order chi connectivity index (χ1) is 26.8. The van der Waals surface area contributed by atoms with Crippen LogP contribution in [0, 0.1) is 0 Å². The van der Waals surface area contributed by atoms with E-state index >= 15 is 0 Å². The fraction of sp³-hybridized carbons (Fsp3) is 0.111. The molecule has 0 unspecified atom stereocenters. The van der Waals surface area contributed by atoms with Gasteiger partial charge in [-0.1, -0.05) is 161 Å². The second-order valence-corrected chi connectivity index (χ2v) is 16.2. The monoisotopic (exact) mass is 705 g/mol. The van der Waals surface area contributed by atoms with E-state index in [4.69, 9.17) is 0 Å². The zero-order valence-electron chi connectivity index (χ0n) is 31.8. The van der Waals surface area contributed by atoms with Gasteiger partial charge in [0.05, 0.1) is 0 Å². The van der Waals surface area contributed by atoms with E-state index in [1.165, 1.54) is 77.9 Å². The molecule has 1 heteroatoms. The molecule has 264 valence electrons. The minimum atomic E-state index is -0.174. The van der Waals surface area contributed by atoms with Crippen molar-refractivity contribution in [3.05, 3.63) is 210 Å². The Hall–Kier alpha value is -6.44. The van der Waals surface area contributed by atoms with Gasteiger partial charge in [-0.25, -0.2) is 0 Å². The van der Waals surface area contributed by atoms with Gasteiger partial charge in [0.25, 0.3) is 0 Å². The lowest BCUT2D eigenvalue weighted by Crippen LogP contribution is -2.17. The van der Waals surface area contributed by atoms with Crippen LogP contribution in [0.1, 0.15) is 49.9 Å². The maximum absolute atomic E-state index is 2.52. The molecule has 2 aliphatic rings. The summed E-state index contributed by atoms with van der Waals surface area (Å²) in [6, 6.07) is 69.2. The summed E-state index contributed by atoms with van der Waals surface area (Å²) in [7, 11) is 0. The molecule has 8 aromatic rings. The van der Waals surface area contributed by atoms with Crippen LogP contribution in [0.2, 0.25) is 0 Å². The van der Waals surface area contributed by atoms with Gasteiger partial charge in [0.15, 0.2) is 0 Å². The number of rotatable bonds is 6. The minimum absolute atomic E-state index is 0.105. The van der Waals surface area contributed by atoms with Gasteiger partial charge in [-0.2, -0.15) is 0 Å². The third kappa shape index (κ3) is 5.37. The minimum Gasteiger partial charge on any atom is -0.310 e. The summed E-state index contributed by atoms with van der Waals surface area (Å²) in [6.07, 6.45) is 0. The maximum atomic E-state index is 2.52. The molecule has 0 radical (unpaired) electrons. The van der Waals surface area contributed by atoms with Crippen molar-refractivity contribution < 1.29 is 0 Å². The molecule has 55 heavy (non-hydrogen) atoms. The van der Waals surface area contributed by atoms with E-state index in [2.05, 4.69) is 221 Å². The number of fused-ring (bicyclic) bond motifs is 6. The molecule has 0 amide bonds. The number of hydrogen-bond acceptors (Lipinski definition) is 1. The summed E-state index contributed by atoms with van der Waals surface area (Å²) in [5, 5.41) is 0. The third-order valence-electron chi connectivity index (χ3n) is 12.3. The van der Waals surface area contributed by atoms with Crippen LogP contribution in [0.3, 0.4) is 0 Å². The SMILES string of the molecule is CC1(C)c2cc(-c3ccccc3)ccc2-c2cc3c(cc21)-c1ccc(N(c2ccc(-c4ccccc4)cc2)c2ccc(-c4ccccc4)cc2)cc1C3(C)C. The van der Waals surface area contributed by atoms with Crippen LogP contribution < -0.4 is 4.90 Å². The van der Waals surface area contributed by atoms with Gasteiger partial charge >= 0.3 is 0 Å². The molecule has 1 nitrogen and oxygen atoms in total. The van der Waals surface area contributed by atoms with Crippen molar-refractivity contribution in [2.45, 2.75) is 38.5 Å². The van der Waals surface area contributed by atoms with Crippen LogP contribution in [0.15, 0.2) is 188 Å². The van der Waals surface area contributed by atoms with Gasteiger partial charge < -0.3 is 4.90 Å². The van der Waals surface area contributed by atoms with Crippen LogP contribution in [0.5, 0.6) is 0 Å². The summed E-state index contributed by atoms with van der Waals surface area (Å²) >= 11 is 0. The van der Waals surface area contributed by atoms with Crippen LogP contribution in [-0.2, 0) is 10.8 Å². The smallest absolute Gasteiger partial charge is 0.0465 e. The molecule has 0 saturated carbocycles. The molecular formula is C54H43N. The van der Waals surface area contributed by atoms with E-state index in [-0.39, 0.29) is 10.8 Å². The summed E-state index contributed by atoms with van der Waals surface area (Å²) in [5.74, 6) is 0. The Morgan fingerprint density at radius 2 is 0.600 bits per heavy atom. The van der Waals surface area contributed by atoms with E-state index in [0.717, 1.165) is 17.1 Å². The average Bonchev–Trinajstić information content (AvgIpc) is 3.60. The first-order valence-corrected chi connectivity index (χ1v) is 19.4. The summed E-state index contributed by atoms with van der Waals surface area (Å²) in [4.78, 5) is 2.41. The molecule has 0 heterocycles. The van der Waals surface area contributed by atoms with Crippen molar-refractivity contribution in [2.75, 3.05) is 4.90 Å². The highest BCUT2D eigenvalue weighted by Crippen LogP contribution is 2.57. The lowest BCUT2D eigenvalue weighted by molar-refractivity contribution is 0.652. The van der Waals surface area contributed by atoms with Gasteiger partial charge in [-0.05, 0) is 132 Å². The van der Waals surface area contributed by atoms with Gasteiger partial charge in [0.2, 0.25) is 0 Å². The first-order valence-electron chi connectivity index (χ1n) is 19.4. The number of anilines is 3. The van der Waals surface area contributed by atoms with Gasteiger partial charge in [0.1, 0.15) is 0 Å². The Kier molecular flexibility index (Phi) is 7.58. The molecule has 2 aliphatic carbocycles. The highest BCUT2D eigenvalue weighted by Gasteiger charge is 2.42. The van der Waals surface area contributed by atoms with Gasteiger partial charge in [0, 0.05) is 27.9 Å². The van der Waals surface area contributed by atoms with Crippen molar-refractivity contribution in [3.63, 3.8) is 0 Å². The molecule has 0 aromatic heterocycles. The van der Waals surface area contributed by atoms with E-state index in [1.54, 1.807) is 0 Å². The van der Waals surface area contributed by atoms with Crippen molar-refractivity contribution in [3.8, 4) is 55.6 Å². The van der Waals surface area contributed by atoms with Gasteiger partial charge in [-0.3, -0.25) is 0 Å². The largest absolute Gasteiger partial charge is 0.310 e. The van der Waals surface area contributed by atoms with Crippen LogP contribution in [-0.4, -0.2) is 0 Å². The summed E-state index contributed by atoms with van der Waals surface area (Å²) < 4.78 is 0. The molecule has 0 atom stereocenters. The Bertz CT molecular complexity index is 2620. The zero-order valence-corrected chi connectivity index (χ0v) is 31.8. The van der Waals surface area contributed by atoms with E-state index in [0.29, 0.717) is 0 Å². The van der Waals surface area contributed by atoms with Crippen LogP contribution in [0.25, 0.3) is 55.6 Å². The Morgan fingerprint density at radius 3 is 1.05 bits per heavy atom. The Balaban J connectivity index is 1.06. The molecule has 10 rings (SSSR count). The lowest BCUT2D eigenvalue weighted by Gasteiger charge is -2.28. The molecular weight excluding hydrogens is 663 g/mol. The van der Waals surface area contributed by atoms with Gasteiger partial charge in [-0.15, -0.1) is 0 Å². The van der Waals surface area contributed by atoms with Crippen molar-refractivity contribution in [1.29, 1.82) is 0 Å². The molecule has 0 aliphatic heterocycles. The topological polar surface area (TPSA) is 3.24 Å². The number of benzene rings is 8. The summed E-state index contributed by atoms with van der Waals surface area (Å²) in [5.41, 5.74) is 21.6. The van der Waals surface area contributed by atoms with Crippen LogP contribution >= 0.6 is 0 Å². The summed E-state index contributed by atoms with van der Waals surface area (Å²) in [6.45, 7) is 9.60. The standard InChI is InChI=1S/C54H43N/c1-53(2)49-32-41(38-18-12-7-13-19-38)24-30-45(49)47-34-52-48(35-51(47)53)46-31-29-44(33-50(46)54(52,3)4)55(42-25-20-39(21-26-42)36-14-8-5-9-15-36)43-27-22-40(23-28-43)37-16-10-6-11-17-37/h5-35H,1-4H3. The number of nitrogens with zero attached hydrogens (tertiary/aromatic N) is 1. The Morgan fingerprint density at radius 1 is 0.273 bits per heavy atom. The van der Waals surface area contributed by atoms with E-state index in [9.17, 15) is 0 Å². The van der Waals surface area contributed by atoms with Crippen LogP contribution in [0.4, 0.5) is 17.1 Å². The third-order valence-corrected chi connectivity index (χ3v) is 12.3. The average molecular weight is 706 g/mol. The molecule has 0 saturated heterocycles. The van der Waals surface area contributed by atoms with Crippen molar-refractivity contribution >= 4 is 17.1 Å². The quantitative estimate of drug-likeness (QED) is 0.166. The predicted octanol–water partition coefficient (Wildman–Crippen LogP) is 14.8. The fourth-order valence-electron chi connectivity index (χ4n) is 9.21. The zero-order chi connectivity index (χ0) is 37.3. The van der Waals surface area contributed by atoms with E-state index < -0.39 is 0 Å². The molecule has 0 spiro atoms. The number of hydrogen-bond donors (Lipinski definition) is 0. The molecule has 0 fully saturated rings. The lowest BCUT2D eigenvalue weighted by atomic mass is 9.79. The predicted molar refractivity (Wildman–Crippen MR) is 233 cm³/mol. The Labute approximate surface area is 325 Å². The van der Waals surface area contributed by atoms with Crippen molar-refractivity contribution in [2.24, 2.45) is 0 Å². The first kappa shape index (κ1) is 33.2. The second-order valence-electron chi connectivity index (χ2n) is 16.2. The normalized spacial score (nSPS) is 14.1. The van der Waals surface area contributed by atoms with E-state index in [1.807, 2.05) is 0 Å². The fourth-order valence-corrected chi connectivity index (χ4v) is 9.21. The second kappa shape index (κ2) is 12.6.